The Balaban J connectivity index is 2.72. The molecule has 0 spiro atoms. The summed E-state index contributed by atoms with van der Waals surface area (Å²) in [6.45, 7) is 0. The Bertz CT molecular complexity index is 323. The molecule has 0 aliphatic rings. The van der Waals surface area contributed by atoms with E-state index >= 15 is 0 Å². The Kier molecular flexibility index (Phi) is 3.80. The predicted octanol–water partition coefficient (Wildman–Crippen LogP) is 0.712. The first kappa shape index (κ1) is 11.4. The largest absolute Gasteiger partial charge is 0.344 e. The number of nitrogens with one attached hydrogen (secondary N) is 1. The third-order valence-corrected chi connectivity index (χ3v) is 2.94. The fourth-order valence-corrected chi connectivity index (χ4v) is 1.68. The van der Waals surface area contributed by atoms with Crippen LogP contribution in [0.5, 0.6) is 0 Å². The molecule has 1 atom stereocenters. The van der Waals surface area contributed by atoms with Gasteiger partial charge in [-0.3, -0.25) is 4.57 Å². The highest BCUT2D eigenvalue weighted by Crippen LogP contribution is 2.40. The van der Waals surface area contributed by atoms with Gasteiger partial charge in [-0.1, -0.05) is 30.3 Å². The standard InChI is InChI=1S/C8H12NO4P/c10-9-8(14(11,12)13)6-7-4-2-1-3-5-7/h1-5,8-10H,6H2,(H2,11,12,13). The first-order valence-corrected chi connectivity index (χ1v) is 5.71. The molecular formula is C8H12NO4P. The minimum absolute atomic E-state index is 0.0849. The number of hydroxylamine groups is 1. The van der Waals surface area contributed by atoms with Crippen LogP contribution in [0.2, 0.25) is 0 Å². The fraction of sp³-hybridized carbons (Fsp3) is 0.250. The van der Waals surface area contributed by atoms with Crippen LogP contribution in [-0.4, -0.2) is 20.8 Å². The van der Waals surface area contributed by atoms with Gasteiger partial charge in [0.2, 0.25) is 0 Å². The molecule has 0 fully saturated rings. The minimum Gasteiger partial charge on any atom is -0.323 e. The van der Waals surface area contributed by atoms with Crippen molar-refractivity contribution in [3.63, 3.8) is 0 Å². The summed E-state index contributed by atoms with van der Waals surface area (Å²) < 4.78 is 10.8. The molecule has 0 bridgehead atoms. The van der Waals surface area contributed by atoms with Crippen molar-refractivity contribution in [2.24, 2.45) is 0 Å². The SMILES string of the molecule is O=P(O)(O)C(Cc1ccccc1)NO. The van der Waals surface area contributed by atoms with Crippen molar-refractivity contribution in [2.75, 3.05) is 0 Å². The van der Waals surface area contributed by atoms with Crippen LogP contribution < -0.4 is 5.48 Å². The zero-order valence-corrected chi connectivity index (χ0v) is 8.26. The van der Waals surface area contributed by atoms with Gasteiger partial charge in [0, 0.05) is 6.42 Å². The van der Waals surface area contributed by atoms with E-state index in [0.29, 0.717) is 0 Å². The molecule has 0 aliphatic heterocycles. The molecule has 0 saturated heterocycles. The van der Waals surface area contributed by atoms with Crippen LogP contribution in [0.4, 0.5) is 0 Å². The van der Waals surface area contributed by atoms with Gasteiger partial charge in [0.1, 0.15) is 5.78 Å². The van der Waals surface area contributed by atoms with Crippen molar-refractivity contribution < 1.29 is 19.6 Å². The molecule has 78 valence electrons. The molecule has 0 heterocycles. The van der Waals surface area contributed by atoms with Crippen LogP contribution in [0.3, 0.4) is 0 Å². The minimum atomic E-state index is -4.30. The Morgan fingerprint density at radius 2 is 1.86 bits per heavy atom. The first-order chi connectivity index (χ1) is 6.54. The molecule has 0 aromatic heterocycles. The van der Waals surface area contributed by atoms with Crippen LogP contribution in [0, 0.1) is 0 Å². The highest BCUT2D eigenvalue weighted by molar-refractivity contribution is 7.52. The summed E-state index contributed by atoms with van der Waals surface area (Å²) in [5.41, 5.74) is 2.38. The first-order valence-electron chi connectivity index (χ1n) is 4.03. The highest BCUT2D eigenvalue weighted by atomic mass is 31.2. The van der Waals surface area contributed by atoms with Gasteiger partial charge in [-0.05, 0) is 5.56 Å². The quantitative estimate of drug-likeness (QED) is 0.440. The van der Waals surface area contributed by atoms with Gasteiger partial charge in [0.15, 0.2) is 0 Å². The highest BCUT2D eigenvalue weighted by Gasteiger charge is 2.27. The summed E-state index contributed by atoms with van der Waals surface area (Å²) in [6, 6.07) is 8.81. The zero-order chi connectivity index (χ0) is 10.6. The number of rotatable bonds is 4. The van der Waals surface area contributed by atoms with Gasteiger partial charge in [-0.25, -0.2) is 0 Å². The lowest BCUT2D eigenvalue weighted by Gasteiger charge is -2.16. The third kappa shape index (κ3) is 3.21. The molecule has 1 rings (SSSR count). The Hall–Kier alpha value is -0.710. The summed E-state index contributed by atoms with van der Waals surface area (Å²) in [4.78, 5) is 17.7. The van der Waals surface area contributed by atoms with Gasteiger partial charge >= 0.3 is 7.60 Å². The predicted molar refractivity (Wildman–Crippen MR) is 50.9 cm³/mol. The Morgan fingerprint density at radius 3 is 2.29 bits per heavy atom. The van der Waals surface area contributed by atoms with E-state index in [0.717, 1.165) is 5.56 Å². The van der Waals surface area contributed by atoms with E-state index in [2.05, 4.69) is 0 Å². The van der Waals surface area contributed by atoms with Gasteiger partial charge in [-0.15, -0.1) is 0 Å². The van der Waals surface area contributed by atoms with Gasteiger partial charge < -0.3 is 15.0 Å². The van der Waals surface area contributed by atoms with Gasteiger partial charge in [-0.2, -0.15) is 5.48 Å². The number of benzene rings is 1. The topological polar surface area (TPSA) is 89.8 Å². The fourth-order valence-electron chi connectivity index (χ4n) is 1.08. The van der Waals surface area contributed by atoms with E-state index in [1.807, 2.05) is 6.07 Å². The maximum Gasteiger partial charge on any atom is 0.344 e. The summed E-state index contributed by atoms with van der Waals surface area (Å²) in [7, 11) is -4.30. The van der Waals surface area contributed by atoms with Crippen molar-refractivity contribution in [1.82, 2.24) is 5.48 Å². The number of hydrogen-bond acceptors (Lipinski definition) is 3. The van der Waals surface area contributed by atoms with Crippen LogP contribution in [0.1, 0.15) is 5.56 Å². The van der Waals surface area contributed by atoms with Gasteiger partial charge in [0.05, 0.1) is 0 Å². The molecule has 0 saturated carbocycles. The molecule has 0 aliphatic carbocycles. The molecule has 6 heteroatoms. The maximum absolute atomic E-state index is 10.8. The molecule has 1 unspecified atom stereocenters. The lowest BCUT2D eigenvalue weighted by molar-refractivity contribution is 0.141. The number of hydrogen-bond donors (Lipinski definition) is 4. The molecule has 14 heavy (non-hydrogen) atoms. The lowest BCUT2D eigenvalue weighted by atomic mass is 10.1. The Labute approximate surface area is 81.5 Å². The van der Waals surface area contributed by atoms with E-state index in [9.17, 15) is 4.57 Å². The monoisotopic (exact) mass is 217 g/mol. The molecular weight excluding hydrogens is 205 g/mol. The zero-order valence-electron chi connectivity index (χ0n) is 7.37. The van der Waals surface area contributed by atoms with Crippen LogP contribution >= 0.6 is 7.60 Å². The summed E-state index contributed by atoms with van der Waals surface area (Å²) >= 11 is 0. The molecule has 0 radical (unpaired) electrons. The summed E-state index contributed by atoms with van der Waals surface area (Å²) in [5, 5.41) is 8.58. The second-order valence-electron chi connectivity index (χ2n) is 2.92. The third-order valence-electron chi connectivity index (χ3n) is 1.83. The van der Waals surface area contributed by atoms with Gasteiger partial charge in [0.25, 0.3) is 0 Å². The van der Waals surface area contributed by atoms with Crippen molar-refractivity contribution in [2.45, 2.75) is 12.2 Å². The average Bonchev–Trinajstić information content (AvgIpc) is 2.14. The van der Waals surface area contributed by atoms with Crippen molar-refractivity contribution in [3.8, 4) is 0 Å². The van der Waals surface area contributed by atoms with Crippen LogP contribution in [0.25, 0.3) is 0 Å². The molecule has 5 nitrogen and oxygen atoms in total. The van der Waals surface area contributed by atoms with E-state index in [1.54, 1.807) is 29.7 Å². The molecule has 1 aromatic rings. The molecule has 1 aromatic carbocycles. The van der Waals surface area contributed by atoms with Crippen molar-refractivity contribution in [1.29, 1.82) is 0 Å². The van der Waals surface area contributed by atoms with E-state index < -0.39 is 13.4 Å². The second kappa shape index (κ2) is 4.68. The molecule has 4 N–H and O–H groups in total. The normalized spacial score (nSPS) is 13.9. The summed E-state index contributed by atoms with van der Waals surface area (Å²) in [5.74, 6) is -1.25. The van der Waals surface area contributed by atoms with Crippen molar-refractivity contribution in [3.05, 3.63) is 35.9 Å². The lowest BCUT2D eigenvalue weighted by Crippen LogP contribution is -2.27. The second-order valence-corrected chi connectivity index (χ2v) is 4.73. The van der Waals surface area contributed by atoms with E-state index in [4.69, 9.17) is 15.0 Å². The van der Waals surface area contributed by atoms with Crippen molar-refractivity contribution >= 4 is 7.60 Å². The van der Waals surface area contributed by atoms with E-state index in [-0.39, 0.29) is 6.42 Å². The smallest absolute Gasteiger partial charge is 0.323 e. The Morgan fingerprint density at radius 1 is 1.29 bits per heavy atom. The molecule has 0 amide bonds. The summed E-state index contributed by atoms with van der Waals surface area (Å²) in [6.07, 6.45) is 0.0849. The van der Waals surface area contributed by atoms with E-state index in [1.165, 1.54) is 0 Å². The average molecular weight is 217 g/mol. The maximum atomic E-state index is 10.8. The van der Waals surface area contributed by atoms with Crippen LogP contribution in [0.15, 0.2) is 30.3 Å². The van der Waals surface area contributed by atoms with Crippen LogP contribution in [-0.2, 0) is 11.0 Å².